The van der Waals surface area contributed by atoms with Crippen molar-refractivity contribution in [1.82, 2.24) is 10.2 Å². The van der Waals surface area contributed by atoms with Crippen molar-refractivity contribution in [2.45, 2.75) is 77.2 Å². The largest absolute Gasteiger partial charge is 0.504 e. The molecule has 0 aliphatic heterocycles. The maximum absolute atomic E-state index is 10.1. The van der Waals surface area contributed by atoms with E-state index in [9.17, 15) is 20.4 Å². The molecular weight excluding hydrogens is 428 g/mol. The molecule has 1 aliphatic rings. The number of aromatic hydroxyl groups is 4. The second-order valence-electron chi connectivity index (χ2n) is 9.59. The van der Waals surface area contributed by atoms with Gasteiger partial charge in [0.1, 0.15) is 0 Å². The molecule has 0 radical (unpaired) electrons. The number of fused-ring (bicyclic) bond motifs is 1. The molecule has 0 bridgehead atoms. The van der Waals surface area contributed by atoms with Gasteiger partial charge in [0, 0.05) is 11.6 Å². The van der Waals surface area contributed by atoms with E-state index in [-0.39, 0.29) is 23.0 Å². The highest BCUT2D eigenvalue weighted by atomic mass is 16.3. The number of nitrogens with zero attached hydrogens (tertiary/aromatic N) is 1. The lowest BCUT2D eigenvalue weighted by atomic mass is 9.86. The van der Waals surface area contributed by atoms with Gasteiger partial charge in [0.2, 0.25) is 0 Å². The summed E-state index contributed by atoms with van der Waals surface area (Å²) in [4.78, 5) is 2.63. The van der Waals surface area contributed by atoms with Crippen LogP contribution in [-0.4, -0.2) is 57.5 Å². The van der Waals surface area contributed by atoms with Crippen molar-refractivity contribution in [2.24, 2.45) is 0 Å². The Morgan fingerprint density at radius 2 is 1.62 bits per heavy atom. The number of aryl methyl sites for hydroxylation is 1. The zero-order valence-corrected chi connectivity index (χ0v) is 20.6. The normalized spacial score (nSPS) is 15.5. The molecule has 188 valence electrons. The Bertz CT molecular complexity index is 902. The fourth-order valence-corrected chi connectivity index (χ4v) is 5.06. The minimum absolute atomic E-state index is 0.00488. The molecular formula is C28H42N2O4. The lowest BCUT2D eigenvalue weighted by molar-refractivity contribution is 0.175. The summed E-state index contributed by atoms with van der Waals surface area (Å²) < 4.78 is 0. The molecule has 1 atom stereocenters. The predicted molar refractivity (Wildman–Crippen MR) is 137 cm³/mol. The molecule has 2 aromatic carbocycles. The van der Waals surface area contributed by atoms with Crippen LogP contribution in [0.15, 0.2) is 30.3 Å². The molecule has 0 spiro atoms. The first kappa shape index (κ1) is 26.2. The Morgan fingerprint density at radius 3 is 2.41 bits per heavy atom. The summed E-state index contributed by atoms with van der Waals surface area (Å²) in [7, 11) is 0. The average molecular weight is 471 g/mol. The van der Waals surface area contributed by atoms with E-state index < -0.39 is 0 Å². The summed E-state index contributed by atoms with van der Waals surface area (Å²) in [6, 6.07) is 9.16. The zero-order valence-electron chi connectivity index (χ0n) is 20.6. The summed E-state index contributed by atoms with van der Waals surface area (Å²) in [5, 5.41) is 42.3. The van der Waals surface area contributed by atoms with Gasteiger partial charge in [0.15, 0.2) is 23.0 Å². The summed E-state index contributed by atoms with van der Waals surface area (Å²) in [5.74, 6) is -0.0398. The van der Waals surface area contributed by atoms with Gasteiger partial charge in [-0.15, -0.1) is 0 Å². The van der Waals surface area contributed by atoms with E-state index in [0.29, 0.717) is 6.04 Å². The van der Waals surface area contributed by atoms with E-state index in [4.69, 9.17) is 0 Å². The van der Waals surface area contributed by atoms with Gasteiger partial charge < -0.3 is 30.6 Å². The highest BCUT2D eigenvalue weighted by Gasteiger charge is 2.26. The first-order chi connectivity index (χ1) is 16.5. The number of phenolic OH excluding ortho intramolecular Hbond substituents is 4. The topological polar surface area (TPSA) is 96.2 Å². The molecule has 0 amide bonds. The lowest BCUT2D eigenvalue weighted by Crippen LogP contribution is -2.40. The van der Waals surface area contributed by atoms with Crippen LogP contribution in [0.2, 0.25) is 0 Å². The van der Waals surface area contributed by atoms with Gasteiger partial charge in [0.05, 0.1) is 0 Å². The minimum Gasteiger partial charge on any atom is -0.504 e. The Balaban J connectivity index is 1.27. The van der Waals surface area contributed by atoms with Gasteiger partial charge >= 0.3 is 0 Å². The number of benzene rings is 2. The Kier molecular flexibility index (Phi) is 10.4. The molecule has 3 rings (SSSR count). The second kappa shape index (κ2) is 13.4. The highest BCUT2D eigenvalue weighted by Crippen LogP contribution is 2.36. The Hall–Kier alpha value is -2.44. The van der Waals surface area contributed by atoms with Crippen molar-refractivity contribution >= 4 is 0 Å². The van der Waals surface area contributed by atoms with Gasteiger partial charge in [-0.2, -0.15) is 0 Å². The number of nitrogens with one attached hydrogen (secondary N) is 1. The SMILES string of the molecule is CCCN(CCCCCCNCCCc1ccc(O)c(O)c1)C1CCc2c(ccc(O)c2O)C1. The third-order valence-corrected chi connectivity index (χ3v) is 6.98. The maximum Gasteiger partial charge on any atom is 0.160 e. The van der Waals surface area contributed by atoms with Crippen LogP contribution in [-0.2, 0) is 19.3 Å². The molecule has 0 fully saturated rings. The van der Waals surface area contributed by atoms with Crippen molar-refractivity contribution in [3.8, 4) is 23.0 Å². The van der Waals surface area contributed by atoms with Crippen LogP contribution in [0.3, 0.4) is 0 Å². The first-order valence-corrected chi connectivity index (χ1v) is 13.0. The van der Waals surface area contributed by atoms with E-state index in [2.05, 4.69) is 17.1 Å². The Labute approximate surface area is 204 Å². The number of hydrogen-bond acceptors (Lipinski definition) is 6. The fraction of sp³-hybridized carbons (Fsp3) is 0.571. The monoisotopic (exact) mass is 470 g/mol. The third-order valence-electron chi connectivity index (χ3n) is 6.98. The molecule has 34 heavy (non-hydrogen) atoms. The van der Waals surface area contributed by atoms with E-state index in [1.54, 1.807) is 18.2 Å². The molecule has 2 aromatic rings. The number of rotatable bonds is 14. The van der Waals surface area contributed by atoms with Crippen molar-refractivity contribution in [3.05, 3.63) is 47.0 Å². The molecule has 1 aliphatic carbocycles. The quantitative estimate of drug-likeness (QED) is 0.200. The molecule has 1 unspecified atom stereocenters. The predicted octanol–water partition coefficient (Wildman–Crippen LogP) is 4.86. The molecule has 0 aromatic heterocycles. The van der Waals surface area contributed by atoms with Gasteiger partial charge in [-0.3, -0.25) is 0 Å². The van der Waals surface area contributed by atoms with Crippen LogP contribution >= 0.6 is 0 Å². The molecule has 0 heterocycles. The van der Waals surface area contributed by atoms with Gasteiger partial charge in [-0.25, -0.2) is 0 Å². The number of phenols is 4. The van der Waals surface area contributed by atoms with Crippen molar-refractivity contribution in [1.29, 1.82) is 0 Å². The number of hydrogen-bond donors (Lipinski definition) is 5. The summed E-state index contributed by atoms with van der Waals surface area (Å²) >= 11 is 0. The van der Waals surface area contributed by atoms with Crippen molar-refractivity contribution < 1.29 is 20.4 Å². The van der Waals surface area contributed by atoms with Crippen LogP contribution in [0.4, 0.5) is 0 Å². The summed E-state index contributed by atoms with van der Waals surface area (Å²) in [5.41, 5.74) is 3.16. The molecule has 5 N–H and O–H groups in total. The molecule has 6 nitrogen and oxygen atoms in total. The third kappa shape index (κ3) is 7.54. The standard InChI is InChI=1S/C28H42N2O4/c1-2-17-30(23-11-12-24-22(20-23)10-14-26(32)28(24)34)18-6-4-3-5-15-29-16-7-8-21-9-13-25(31)27(33)19-21/h9-10,13-14,19,23,29,31-34H,2-8,11-12,15-18,20H2,1H3. The molecule has 6 heteroatoms. The van der Waals surface area contributed by atoms with Gasteiger partial charge in [0.25, 0.3) is 0 Å². The van der Waals surface area contributed by atoms with Gasteiger partial charge in [-0.1, -0.05) is 31.9 Å². The minimum atomic E-state index is -0.0646. The van der Waals surface area contributed by atoms with E-state index in [1.165, 1.54) is 31.2 Å². The van der Waals surface area contributed by atoms with Crippen molar-refractivity contribution in [2.75, 3.05) is 26.2 Å². The Morgan fingerprint density at radius 1 is 0.853 bits per heavy atom. The number of unbranched alkanes of at least 4 members (excludes halogenated alkanes) is 3. The van der Waals surface area contributed by atoms with Crippen LogP contribution in [0.25, 0.3) is 0 Å². The average Bonchev–Trinajstić information content (AvgIpc) is 2.84. The van der Waals surface area contributed by atoms with E-state index >= 15 is 0 Å². The van der Waals surface area contributed by atoms with Crippen LogP contribution in [0.1, 0.15) is 68.6 Å². The highest BCUT2D eigenvalue weighted by molar-refractivity contribution is 5.50. The van der Waals surface area contributed by atoms with Crippen molar-refractivity contribution in [3.63, 3.8) is 0 Å². The van der Waals surface area contributed by atoms with E-state index in [0.717, 1.165) is 75.8 Å². The van der Waals surface area contributed by atoms with Gasteiger partial charge in [-0.05, 0) is 107 Å². The molecule has 0 saturated carbocycles. The molecule has 0 saturated heterocycles. The smallest absolute Gasteiger partial charge is 0.160 e. The summed E-state index contributed by atoms with van der Waals surface area (Å²) in [6.07, 6.45) is 10.8. The first-order valence-electron chi connectivity index (χ1n) is 13.0. The van der Waals surface area contributed by atoms with E-state index in [1.807, 2.05) is 12.1 Å². The summed E-state index contributed by atoms with van der Waals surface area (Å²) in [6.45, 7) is 6.48. The van der Waals surface area contributed by atoms with Crippen LogP contribution in [0, 0.1) is 0 Å². The zero-order chi connectivity index (χ0) is 24.3. The lowest BCUT2D eigenvalue weighted by Gasteiger charge is -2.35. The fourth-order valence-electron chi connectivity index (χ4n) is 5.06. The van der Waals surface area contributed by atoms with Crippen LogP contribution in [0.5, 0.6) is 23.0 Å². The second-order valence-corrected chi connectivity index (χ2v) is 9.59. The maximum atomic E-state index is 10.1. The van der Waals surface area contributed by atoms with Crippen LogP contribution < -0.4 is 5.32 Å².